The molecule has 1 aliphatic heterocycles. The molecule has 4 bridgehead atoms. The van der Waals surface area contributed by atoms with Gasteiger partial charge in [-0.2, -0.15) is 0 Å². The largest absolute Gasteiger partial charge is 0.388 e. The van der Waals surface area contributed by atoms with Crippen LogP contribution in [0.3, 0.4) is 0 Å². The van der Waals surface area contributed by atoms with Crippen molar-refractivity contribution in [3.8, 4) is 0 Å². The Morgan fingerprint density at radius 1 is 0.947 bits per heavy atom. The number of hydrogen-bond acceptors (Lipinski definition) is 3. The van der Waals surface area contributed by atoms with E-state index in [1.54, 1.807) is 0 Å². The van der Waals surface area contributed by atoms with E-state index in [2.05, 4.69) is 22.6 Å². The van der Waals surface area contributed by atoms with E-state index in [0.29, 0.717) is 0 Å². The van der Waals surface area contributed by atoms with Crippen molar-refractivity contribution in [2.24, 2.45) is 23.2 Å². The summed E-state index contributed by atoms with van der Waals surface area (Å²) in [5.74, 6) is 2.58. The van der Waals surface area contributed by atoms with Crippen LogP contribution in [0.4, 0.5) is 0 Å². The van der Waals surface area contributed by atoms with Crippen LogP contribution < -0.4 is 0 Å². The Morgan fingerprint density at radius 2 is 1.47 bits per heavy atom. The summed E-state index contributed by atoms with van der Waals surface area (Å²) in [5, 5.41) is 20.6. The maximum absolute atomic E-state index is 10.4. The van der Waals surface area contributed by atoms with E-state index >= 15 is 0 Å². The number of hydrogen-bond donors (Lipinski definition) is 2. The van der Waals surface area contributed by atoms with Gasteiger partial charge in [-0.3, -0.25) is 0 Å². The standard InChI is InChI=1S/C15H23IO3/c16-7-11-12(17)13(18)14(19-11)15-4-8-1-9(5-15)3-10(2-8)6-15/h8-14,17-18H,1-7H2/t8?,9?,10?,11-,12+,13+,14-,15?/m1/s1. The lowest BCUT2D eigenvalue weighted by Crippen LogP contribution is -2.54. The molecule has 0 amide bonds. The Bertz CT molecular complexity index is 337. The first-order valence-corrected chi connectivity index (χ1v) is 9.21. The third-order valence-electron chi connectivity index (χ3n) is 6.20. The average Bonchev–Trinajstić information content (AvgIpc) is 2.65. The maximum atomic E-state index is 10.4. The van der Waals surface area contributed by atoms with Crippen LogP contribution in [0.2, 0.25) is 0 Å². The zero-order chi connectivity index (χ0) is 13.2. The topological polar surface area (TPSA) is 49.7 Å². The quantitative estimate of drug-likeness (QED) is 0.572. The molecule has 1 heterocycles. The van der Waals surface area contributed by atoms with Crippen molar-refractivity contribution in [2.45, 2.75) is 62.9 Å². The van der Waals surface area contributed by atoms with Crippen molar-refractivity contribution >= 4 is 22.6 Å². The third kappa shape index (κ3) is 1.93. The summed E-state index contributed by atoms with van der Waals surface area (Å²) in [6, 6.07) is 0. The van der Waals surface area contributed by atoms with Crippen molar-refractivity contribution < 1.29 is 14.9 Å². The van der Waals surface area contributed by atoms with Crippen molar-refractivity contribution in [1.82, 2.24) is 0 Å². The lowest BCUT2D eigenvalue weighted by Gasteiger charge is -2.59. The summed E-state index contributed by atoms with van der Waals surface area (Å²) in [7, 11) is 0. The van der Waals surface area contributed by atoms with E-state index in [1.165, 1.54) is 38.5 Å². The summed E-state index contributed by atoms with van der Waals surface area (Å²) in [4.78, 5) is 0. The SMILES string of the molecule is O[C@@H]1[C@H](O)[C@H](C23CC4CC(CC(C4)C2)C3)O[C@@H]1CI. The third-order valence-corrected chi connectivity index (χ3v) is 7.07. The molecule has 0 radical (unpaired) electrons. The van der Waals surface area contributed by atoms with Gasteiger partial charge in [-0.15, -0.1) is 0 Å². The second-order valence-corrected chi connectivity index (χ2v) is 8.39. The zero-order valence-corrected chi connectivity index (χ0v) is 13.3. The van der Waals surface area contributed by atoms with Gasteiger partial charge in [0.1, 0.15) is 12.2 Å². The van der Waals surface area contributed by atoms with E-state index in [4.69, 9.17) is 4.74 Å². The van der Waals surface area contributed by atoms with E-state index in [0.717, 1.165) is 22.2 Å². The Labute approximate surface area is 128 Å². The molecule has 4 heteroatoms. The molecule has 5 aliphatic rings. The van der Waals surface area contributed by atoms with Crippen LogP contribution in [0.5, 0.6) is 0 Å². The van der Waals surface area contributed by atoms with Crippen LogP contribution in [0.1, 0.15) is 38.5 Å². The highest BCUT2D eigenvalue weighted by molar-refractivity contribution is 14.1. The Kier molecular flexibility index (Phi) is 3.18. The molecule has 4 aliphatic carbocycles. The van der Waals surface area contributed by atoms with Gasteiger partial charge in [-0.05, 0) is 56.3 Å². The molecule has 19 heavy (non-hydrogen) atoms. The number of halogens is 1. The van der Waals surface area contributed by atoms with Gasteiger partial charge in [0.15, 0.2) is 0 Å². The van der Waals surface area contributed by atoms with Crippen molar-refractivity contribution in [1.29, 1.82) is 0 Å². The normalized spacial score (nSPS) is 59.8. The van der Waals surface area contributed by atoms with Gasteiger partial charge in [0.2, 0.25) is 0 Å². The Morgan fingerprint density at radius 3 is 1.89 bits per heavy atom. The Balaban J connectivity index is 1.62. The molecule has 108 valence electrons. The minimum atomic E-state index is -0.685. The van der Waals surface area contributed by atoms with Crippen LogP contribution in [-0.2, 0) is 4.74 Å². The predicted octanol–water partition coefficient (Wildman–Crippen LogP) is 2.13. The molecule has 5 rings (SSSR count). The van der Waals surface area contributed by atoms with Crippen molar-refractivity contribution in [3.05, 3.63) is 0 Å². The molecule has 1 saturated heterocycles. The zero-order valence-electron chi connectivity index (χ0n) is 11.2. The van der Waals surface area contributed by atoms with Gasteiger partial charge < -0.3 is 14.9 Å². The fourth-order valence-corrected chi connectivity index (χ4v) is 6.64. The van der Waals surface area contributed by atoms with E-state index in [1.807, 2.05) is 0 Å². The molecular weight excluding hydrogens is 355 g/mol. The van der Waals surface area contributed by atoms with Gasteiger partial charge in [0.25, 0.3) is 0 Å². The lowest BCUT2D eigenvalue weighted by molar-refractivity contribution is -0.154. The number of ether oxygens (including phenoxy) is 1. The van der Waals surface area contributed by atoms with Crippen LogP contribution in [-0.4, -0.2) is 39.1 Å². The highest BCUT2D eigenvalue weighted by atomic mass is 127. The van der Waals surface area contributed by atoms with Gasteiger partial charge >= 0.3 is 0 Å². The van der Waals surface area contributed by atoms with Crippen LogP contribution in [0.15, 0.2) is 0 Å². The average molecular weight is 378 g/mol. The molecule has 4 saturated carbocycles. The summed E-state index contributed by atoms with van der Waals surface area (Å²) in [5.41, 5.74) is 0.176. The predicted molar refractivity (Wildman–Crippen MR) is 80.2 cm³/mol. The second kappa shape index (κ2) is 4.55. The molecule has 2 N–H and O–H groups in total. The molecule has 0 unspecified atom stereocenters. The van der Waals surface area contributed by atoms with Crippen LogP contribution in [0.25, 0.3) is 0 Å². The number of aliphatic hydroxyl groups is 2. The maximum Gasteiger partial charge on any atom is 0.109 e. The highest BCUT2D eigenvalue weighted by Crippen LogP contribution is 2.63. The van der Waals surface area contributed by atoms with E-state index in [9.17, 15) is 10.2 Å². The monoisotopic (exact) mass is 378 g/mol. The number of alkyl halides is 1. The Hall–Kier alpha value is 0.610. The molecule has 0 spiro atoms. The van der Waals surface area contributed by atoms with Gasteiger partial charge in [0, 0.05) is 9.84 Å². The first-order chi connectivity index (χ1) is 9.11. The summed E-state index contributed by atoms with van der Waals surface area (Å²) in [6.07, 6.45) is 6.24. The molecule has 4 atom stereocenters. The van der Waals surface area contributed by atoms with E-state index in [-0.39, 0.29) is 17.6 Å². The minimum absolute atomic E-state index is 0.115. The summed E-state index contributed by atoms with van der Waals surface area (Å²) < 4.78 is 6.88. The first kappa shape index (κ1) is 13.3. The smallest absolute Gasteiger partial charge is 0.109 e. The highest BCUT2D eigenvalue weighted by Gasteiger charge is 2.59. The fourth-order valence-electron chi connectivity index (χ4n) is 5.91. The van der Waals surface area contributed by atoms with Crippen molar-refractivity contribution in [3.63, 3.8) is 0 Å². The van der Waals surface area contributed by atoms with E-state index < -0.39 is 12.2 Å². The second-order valence-electron chi connectivity index (χ2n) is 7.51. The number of rotatable bonds is 2. The molecule has 5 fully saturated rings. The molecule has 0 aromatic carbocycles. The minimum Gasteiger partial charge on any atom is -0.388 e. The summed E-state index contributed by atoms with van der Waals surface area (Å²) >= 11 is 2.25. The van der Waals surface area contributed by atoms with Gasteiger partial charge in [-0.25, -0.2) is 0 Å². The fraction of sp³-hybridized carbons (Fsp3) is 1.00. The lowest BCUT2D eigenvalue weighted by atomic mass is 9.48. The van der Waals surface area contributed by atoms with Crippen LogP contribution >= 0.6 is 22.6 Å². The molecular formula is C15H23IO3. The van der Waals surface area contributed by atoms with Crippen molar-refractivity contribution in [2.75, 3.05) is 4.43 Å². The first-order valence-electron chi connectivity index (χ1n) is 7.69. The summed E-state index contributed by atoms with van der Waals surface area (Å²) in [6.45, 7) is 0. The molecule has 0 aromatic heterocycles. The molecule has 3 nitrogen and oxygen atoms in total. The van der Waals surface area contributed by atoms with Gasteiger partial charge in [-0.1, -0.05) is 22.6 Å². The molecule has 0 aromatic rings. The van der Waals surface area contributed by atoms with Gasteiger partial charge in [0.05, 0.1) is 12.2 Å². The number of aliphatic hydroxyl groups excluding tert-OH is 2. The van der Waals surface area contributed by atoms with Crippen LogP contribution in [0, 0.1) is 23.2 Å².